The topological polar surface area (TPSA) is 98.3 Å². The van der Waals surface area contributed by atoms with Crippen LogP contribution in [0.25, 0.3) is 11.3 Å². The van der Waals surface area contributed by atoms with E-state index in [2.05, 4.69) is 10.5 Å². The average molecular weight is 337 g/mol. The van der Waals surface area contributed by atoms with E-state index in [1.807, 2.05) is 31.2 Å². The number of carbonyl (C=O) groups is 1. The highest BCUT2D eigenvalue weighted by atomic mass is 16.6. The van der Waals surface area contributed by atoms with Crippen LogP contribution in [-0.2, 0) is 6.54 Å². The fourth-order valence-corrected chi connectivity index (χ4v) is 2.28. The van der Waals surface area contributed by atoms with Gasteiger partial charge < -0.3 is 9.84 Å². The fourth-order valence-electron chi connectivity index (χ4n) is 2.28. The van der Waals surface area contributed by atoms with Gasteiger partial charge in [-0.25, -0.2) is 0 Å². The van der Waals surface area contributed by atoms with Gasteiger partial charge >= 0.3 is 0 Å². The number of nitro benzene ring substituents is 1. The molecule has 2 aromatic carbocycles. The van der Waals surface area contributed by atoms with E-state index in [1.54, 1.807) is 6.07 Å². The molecule has 0 unspecified atom stereocenters. The highest BCUT2D eigenvalue weighted by Crippen LogP contribution is 2.20. The number of aryl methyl sites for hydroxylation is 1. The molecule has 0 atom stereocenters. The molecule has 0 aliphatic carbocycles. The molecule has 7 nitrogen and oxygen atoms in total. The molecule has 1 amide bonds. The maximum absolute atomic E-state index is 12.1. The molecule has 0 fully saturated rings. The van der Waals surface area contributed by atoms with Gasteiger partial charge in [0.25, 0.3) is 11.6 Å². The van der Waals surface area contributed by atoms with Gasteiger partial charge in [0.05, 0.1) is 11.5 Å². The molecule has 3 aromatic rings. The molecule has 0 radical (unpaired) electrons. The van der Waals surface area contributed by atoms with Crippen molar-refractivity contribution >= 4 is 11.6 Å². The van der Waals surface area contributed by atoms with Gasteiger partial charge in [-0.05, 0) is 13.0 Å². The van der Waals surface area contributed by atoms with Crippen molar-refractivity contribution in [1.82, 2.24) is 10.5 Å². The van der Waals surface area contributed by atoms with Gasteiger partial charge in [-0.3, -0.25) is 14.9 Å². The molecular formula is C18H15N3O4. The minimum absolute atomic E-state index is 0.129. The van der Waals surface area contributed by atoms with Gasteiger partial charge in [0, 0.05) is 29.3 Å². The molecule has 3 rings (SSSR count). The fraction of sp³-hybridized carbons (Fsp3) is 0.111. The Morgan fingerprint density at radius 3 is 2.68 bits per heavy atom. The number of carbonyl (C=O) groups excluding carboxylic acids is 1. The van der Waals surface area contributed by atoms with Crippen LogP contribution in [0.4, 0.5) is 5.69 Å². The molecule has 1 aromatic heterocycles. The molecule has 0 aliphatic rings. The summed E-state index contributed by atoms with van der Waals surface area (Å²) in [5.74, 6) is 0.197. The van der Waals surface area contributed by atoms with Crippen LogP contribution in [0, 0.1) is 17.0 Å². The van der Waals surface area contributed by atoms with Gasteiger partial charge in [0.15, 0.2) is 5.76 Å². The van der Waals surface area contributed by atoms with E-state index >= 15 is 0 Å². The maximum atomic E-state index is 12.1. The number of hydrogen-bond acceptors (Lipinski definition) is 5. The summed E-state index contributed by atoms with van der Waals surface area (Å²) in [6.45, 7) is 2.16. The van der Waals surface area contributed by atoms with Crippen molar-refractivity contribution in [2.45, 2.75) is 13.5 Å². The molecule has 7 heteroatoms. The molecule has 0 bridgehead atoms. The zero-order valence-electron chi connectivity index (χ0n) is 13.4. The molecule has 25 heavy (non-hydrogen) atoms. The number of nitro groups is 1. The molecular weight excluding hydrogens is 322 g/mol. The van der Waals surface area contributed by atoms with E-state index in [9.17, 15) is 14.9 Å². The second-order valence-corrected chi connectivity index (χ2v) is 5.54. The Morgan fingerprint density at radius 2 is 1.96 bits per heavy atom. The van der Waals surface area contributed by atoms with Crippen molar-refractivity contribution in [3.63, 3.8) is 0 Å². The Morgan fingerprint density at radius 1 is 1.20 bits per heavy atom. The first kappa shape index (κ1) is 16.4. The molecule has 1 heterocycles. The van der Waals surface area contributed by atoms with Gasteiger partial charge in [-0.2, -0.15) is 0 Å². The van der Waals surface area contributed by atoms with Crippen molar-refractivity contribution in [3.8, 4) is 11.3 Å². The maximum Gasteiger partial charge on any atom is 0.270 e. The predicted octanol–water partition coefficient (Wildman–Crippen LogP) is 3.49. The van der Waals surface area contributed by atoms with Crippen LogP contribution in [0.3, 0.4) is 0 Å². The summed E-state index contributed by atoms with van der Waals surface area (Å²) in [4.78, 5) is 22.3. The quantitative estimate of drug-likeness (QED) is 0.567. The molecule has 0 aliphatic heterocycles. The van der Waals surface area contributed by atoms with Crippen LogP contribution in [-0.4, -0.2) is 16.0 Å². The largest absolute Gasteiger partial charge is 0.356 e. The first-order chi connectivity index (χ1) is 12.0. The van der Waals surface area contributed by atoms with Crippen LogP contribution in [0.2, 0.25) is 0 Å². The highest BCUT2D eigenvalue weighted by Gasteiger charge is 2.12. The average Bonchev–Trinajstić information content (AvgIpc) is 3.09. The summed E-state index contributed by atoms with van der Waals surface area (Å²) < 4.78 is 5.29. The number of non-ortho nitro benzene ring substituents is 1. The summed E-state index contributed by atoms with van der Waals surface area (Å²) in [5, 5.41) is 17.4. The number of nitrogens with one attached hydrogen (secondary N) is 1. The number of amides is 1. The SMILES string of the molecule is Cc1ccc(-c2cc(CNC(=O)c3cccc([N+](=O)[O-])c3)no2)cc1. The van der Waals surface area contributed by atoms with Crippen LogP contribution in [0.15, 0.2) is 59.1 Å². The van der Waals surface area contributed by atoms with Gasteiger partial charge in [-0.1, -0.05) is 41.1 Å². The molecule has 0 saturated heterocycles. The lowest BCUT2D eigenvalue weighted by Crippen LogP contribution is -2.22. The third-order valence-corrected chi connectivity index (χ3v) is 3.64. The minimum Gasteiger partial charge on any atom is -0.356 e. The minimum atomic E-state index is -0.539. The zero-order valence-corrected chi connectivity index (χ0v) is 13.4. The van der Waals surface area contributed by atoms with Crippen molar-refractivity contribution in [2.75, 3.05) is 0 Å². The van der Waals surface area contributed by atoms with E-state index in [0.717, 1.165) is 11.1 Å². The lowest BCUT2D eigenvalue weighted by molar-refractivity contribution is -0.384. The van der Waals surface area contributed by atoms with Crippen LogP contribution < -0.4 is 5.32 Å². The van der Waals surface area contributed by atoms with E-state index in [0.29, 0.717) is 11.5 Å². The van der Waals surface area contributed by atoms with Crippen molar-refractivity contribution in [1.29, 1.82) is 0 Å². The first-order valence-electron chi connectivity index (χ1n) is 7.58. The van der Waals surface area contributed by atoms with Crippen molar-refractivity contribution in [3.05, 3.63) is 81.5 Å². The Balaban J connectivity index is 1.66. The molecule has 1 N–H and O–H groups in total. The second kappa shape index (κ2) is 6.96. The van der Waals surface area contributed by atoms with E-state index in [1.165, 1.54) is 24.3 Å². The summed E-state index contributed by atoms with van der Waals surface area (Å²) in [5.41, 5.74) is 2.70. The Kier molecular flexibility index (Phi) is 4.56. The number of rotatable bonds is 5. The van der Waals surface area contributed by atoms with E-state index in [4.69, 9.17) is 4.52 Å². The normalized spacial score (nSPS) is 10.4. The predicted molar refractivity (Wildman–Crippen MR) is 90.9 cm³/mol. The van der Waals surface area contributed by atoms with E-state index in [-0.39, 0.29) is 17.8 Å². The second-order valence-electron chi connectivity index (χ2n) is 5.54. The third-order valence-electron chi connectivity index (χ3n) is 3.64. The van der Waals surface area contributed by atoms with Crippen molar-refractivity contribution < 1.29 is 14.2 Å². The Hall–Kier alpha value is -3.48. The molecule has 126 valence electrons. The Bertz CT molecular complexity index is 916. The summed E-state index contributed by atoms with van der Waals surface area (Å²) in [7, 11) is 0. The number of benzene rings is 2. The summed E-state index contributed by atoms with van der Waals surface area (Å²) in [6, 6.07) is 15.1. The zero-order chi connectivity index (χ0) is 17.8. The summed E-state index contributed by atoms with van der Waals surface area (Å²) >= 11 is 0. The van der Waals surface area contributed by atoms with Gasteiger partial charge in [-0.15, -0.1) is 0 Å². The molecule has 0 saturated carbocycles. The number of aromatic nitrogens is 1. The highest BCUT2D eigenvalue weighted by molar-refractivity contribution is 5.94. The van der Waals surface area contributed by atoms with Crippen LogP contribution in [0.5, 0.6) is 0 Å². The third kappa shape index (κ3) is 3.89. The van der Waals surface area contributed by atoms with Gasteiger partial charge in [0.1, 0.15) is 5.69 Å². The lowest BCUT2D eigenvalue weighted by Gasteiger charge is -2.02. The standard InChI is InChI=1S/C18H15N3O4/c1-12-5-7-13(8-6-12)17-10-15(20-25-17)11-19-18(22)14-3-2-4-16(9-14)21(23)24/h2-10H,11H2,1H3,(H,19,22). The van der Waals surface area contributed by atoms with Crippen LogP contribution in [0.1, 0.15) is 21.6 Å². The van der Waals surface area contributed by atoms with E-state index < -0.39 is 10.8 Å². The number of nitrogens with zero attached hydrogens (tertiary/aromatic N) is 2. The summed E-state index contributed by atoms with van der Waals surface area (Å²) in [6.07, 6.45) is 0. The number of hydrogen-bond donors (Lipinski definition) is 1. The lowest BCUT2D eigenvalue weighted by atomic mass is 10.1. The monoisotopic (exact) mass is 337 g/mol. The Labute approximate surface area is 143 Å². The van der Waals surface area contributed by atoms with Crippen LogP contribution >= 0.6 is 0 Å². The smallest absolute Gasteiger partial charge is 0.270 e. The molecule has 0 spiro atoms. The van der Waals surface area contributed by atoms with Gasteiger partial charge in [0.2, 0.25) is 0 Å². The first-order valence-corrected chi connectivity index (χ1v) is 7.58. The van der Waals surface area contributed by atoms with Crippen molar-refractivity contribution in [2.24, 2.45) is 0 Å².